The van der Waals surface area contributed by atoms with Gasteiger partial charge in [0.2, 0.25) is 5.95 Å². The van der Waals surface area contributed by atoms with E-state index in [1.54, 1.807) is 7.05 Å². The fraction of sp³-hybridized carbons (Fsp3) is 0.200. The van der Waals surface area contributed by atoms with Gasteiger partial charge < -0.3 is 11.1 Å². The molecule has 1 aromatic carbocycles. The SMILES string of the molecule is CNc1nnc(-c2ccc(Br)cc2N)n1C. The van der Waals surface area contributed by atoms with Crippen LogP contribution in [0.5, 0.6) is 0 Å². The molecule has 5 nitrogen and oxygen atoms in total. The summed E-state index contributed by atoms with van der Waals surface area (Å²) in [5.74, 6) is 1.45. The predicted molar refractivity (Wildman–Crippen MR) is 68.1 cm³/mol. The van der Waals surface area contributed by atoms with E-state index in [4.69, 9.17) is 5.73 Å². The number of nitrogens with two attached hydrogens (primary N) is 1. The number of anilines is 2. The Hall–Kier alpha value is -1.56. The number of nitrogens with zero attached hydrogens (tertiary/aromatic N) is 3. The van der Waals surface area contributed by atoms with E-state index in [9.17, 15) is 0 Å². The van der Waals surface area contributed by atoms with Gasteiger partial charge in [0.1, 0.15) is 0 Å². The quantitative estimate of drug-likeness (QED) is 0.825. The highest BCUT2D eigenvalue weighted by atomic mass is 79.9. The maximum absolute atomic E-state index is 5.94. The van der Waals surface area contributed by atoms with Crippen LogP contribution in [0.15, 0.2) is 22.7 Å². The van der Waals surface area contributed by atoms with Crippen molar-refractivity contribution in [1.82, 2.24) is 14.8 Å². The fourth-order valence-electron chi connectivity index (χ4n) is 1.52. The molecule has 0 unspecified atom stereocenters. The van der Waals surface area contributed by atoms with E-state index < -0.39 is 0 Å². The number of halogens is 1. The maximum Gasteiger partial charge on any atom is 0.224 e. The maximum atomic E-state index is 5.94. The van der Waals surface area contributed by atoms with E-state index in [0.717, 1.165) is 15.9 Å². The van der Waals surface area contributed by atoms with Crippen molar-refractivity contribution in [2.45, 2.75) is 0 Å². The molecule has 0 atom stereocenters. The fourth-order valence-corrected chi connectivity index (χ4v) is 1.90. The molecular formula is C10H12BrN5. The van der Waals surface area contributed by atoms with Gasteiger partial charge in [-0.15, -0.1) is 10.2 Å². The van der Waals surface area contributed by atoms with Gasteiger partial charge in [0, 0.05) is 29.8 Å². The molecule has 0 aliphatic heterocycles. The van der Waals surface area contributed by atoms with Crippen LogP contribution in [0.4, 0.5) is 11.6 Å². The summed E-state index contributed by atoms with van der Waals surface area (Å²) in [6, 6.07) is 5.70. The van der Waals surface area contributed by atoms with Gasteiger partial charge in [0.05, 0.1) is 0 Å². The van der Waals surface area contributed by atoms with Crippen molar-refractivity contribution in [3.63, 3.8) is 0 Å². The molecule has 0 aliphatic carbocycles. The highest BCUT2D eigenvalue weighted by Crippen LogP contribution is 2.27. The zero-order chi connectivity index (χ0) is 11.7. The summed E-state index contributed by atoms with van der Waals surface area (Å²) in [7, 11) is 3.70. The molecule has 2 rings (SSSR count). The van der Waals surface area contributed by atoms with Crippen LogP contribution in [0.1, 0.15) is 0 Å². The molecule has 1 heterocycles. The van der Waals surface area contributed by atoms with Crippen LogP contribution in [0.3, 0.4) is 0 Å². The zero-order valence-electron chi connectivity index (χ0n) is 9.03. The molecule has 0 amide bonds. The number of benzene rings is 1. The number of hydrogen-bond donors (Lipinski definition) is 2. The number of nitrogens with one attached hydrogen (secondary N) is 1. The number of nitrogen functional groups attached to an aromatic ring is 1. The summed E-state index contributed by atoms with van der Waals surface area (Å²) in [4.78, 5) is 0. The molecule has 0 saturated carbocycles. The molecule has 2 aromatic rings. The van der Waals surface area contributed by atoms with E-state index in [0.29, 0.717) is 11.6 Å². The van der Waals surface area contributed by atoms with Gasteiger partial charge in [-0.05, 0) is 18.2 Å². The normalized spacial score (nSPS) is 10.4. The van der Waals surface area contributed by atoms with Gasteiger partial charge in [0.15, 0.2) is 5.82 Å². The lowest BCUT2D eigenvalue weighted by Crippen LogP contribution is -2.01. The molecule has 84 valence electrons. The average Bonchev–Trinajstić information content (AvgIpc) is 2.60. The third kappa shape index (κ3) is 1.76. The van der Waals surface area contributed by atoms with E-state index in [2.05, 4.69) is 31.4 Å². The van der Waals surface area contributed by atoms with Gasteiger partial charge in [-0.25, -0.2) is 0 Å². The summed E-state index contributed by atoms with van der Waals surface area (Å²) in [5.41, 5.74) is 7.49. The molecule has 0 bridgehead atoms. The number of aromatic nitrogens is 3. The highest BCUT2D eigenvalue weighted by Gasteiger charge is 2.12. The lowest BCUT2D eigenvalue weighted by Gasteiger charge is -2.06. The van der Waals surface area contributed by atoms with Crippen molar-refractivity contribution in [3.8, 4) is 11.4 Å². The predicted octanol–water partition coefficient (Wildman–Crippen LogP) is 1.87. The lowest BCUT2D eigenvalue weighted by molar-refractivity contribution is 0.925. The Morgan fingerprint density at radius 2 is 2.12 bits per heavy atom. The van der Waals surface area contributed by atoms with Crippen molar-refractivity contribution in [3.05, 3.63) is 22.7 Å². The van der Waals surface area contributed by atoms with Gasteiger partial charge in [-0.2, -0.15) is 0 Å². The Balaban J connectivity index is 2.54. The second-order valence-electron chi connectivity index (χ2n) is 3.39. The van der Waals surface area contributed by atoms with Gasteiger partial charge >= 0.3 is 0 Å². The zero-order valence-corrected chi connectivity index (χ0v) is 10.6. The molecule has 0 radical (unpaired) electrons. The number of rotatable bonds is 2. The average molecular weight is 282 g/mol. The van der Waals surface area contributed by atoms with Crippen molar-refractivity contribution < 1.29 is 0 Å². The van der Waals surface area contributed by atoms with E-state index >= 15 is 0 Å². The molecular weight excluding hydrogens is 270 g/mol. The summed E-state index contributed by atoms with van der Waals surface area (Å²) >= 11 is 3.37. The summed E-state index contributed by atoms with van der Waals surface area (Å²) in [6.07, 6.45) is 0. The van der Waals surface area contributed by atoms with Crippen molar-refractivity contribution in [1.29, 1.82) is 0 Å². The lowest BCUT2D eigenvalue weighted by atomic mass is 10.2. The largest absolute Gasteiger partial charge is 0.398 e. The van der Waals surface area contributed by atoms with Gasteiger partial charge in [-0.3, -0.25) is 4.57 Å². The molecule has 1 aromatic heterocycles. The first-order valence-electron chi connectivity index (χ1n) is 4.76. The summed E-state index contributed by atoms with van der Waals surface area (Å²) < 4.78 is 2.81. The third-order valence-electron chi connectivity index (χ3n) is 2.35. The van der Waals surface area contributed by atoms with Crippen LogP contribution in [0, 0.1) is 0 Å². The van der Waals surface area contributed by atoms with Crippen molar-refractivity contribution in [2.24, 2.45) is 7.05 Å². The van der Waals surface area contributed by atoms with Crippen LogP contribution in [0.2, 0.25) is 0 Å². The van der Waals surface area contributed by atoms with Gasteiger partial charge in [0.25, 0.3) is 0 Å². The Bertz CT molecular complexity index is 520. The monoisotopic (exact) mass is 281 g/mol. The van der Waals surface area contributed by atoms with E-state index in [1.165, 1.54) is 0 Å². The van der Waals surface area contributed by atoms with Gasteiger partial charge in [-0.1, -0.05) is 15.9 Å². The smallest absolute Gasteiger partial charge is 0.224 e. The van der Waals surface area contributed by atoms with Crippen molar-refractivity contribution in [2.75, 3.05) is 18.1 Å². The molecule has 0 saturated heterocycles. The van der Waals surface area contributed by atoms with E-state index in [-0.39, 0.29) is 0 Å². The standard InChI is InChI=1S/C10H12BrN5/c1-13-10-15-14-9(16(10)2)7-4-3-6(11)5-8(7)12/h3-5H,12H2,1-2H3,(H,13,15). The topological polar surface area (TPSA) is 68.8 Å². The second kappa shape index (κ2) is 4.13. The molecule has 3 N–H and O–H groups in total. The minimum atomic E-state index is 0.674. The number of hydrogen-bond acceptors (Lipinski definition) is 4. The molecule has 0 spiro atoms. The Morgan fingerprint density at radius 1 is 1.38 bits per heavy atom. The van der Waals surface area contributed by atoms with Crippen LogP contribution in [-0.2, 0) is 7.05 Å². The van der Waals surface area contributed by atoms with Crippen LogP contribution in [-0.4, -0.2) is 21.8 Å². The minimum absolute atomic E-state index is 0.674. The van der Waals surface area contributed by atoms with Crippen molar-refractivity contribution >= 4 is 27.6 Å². The molecule has 0 aliphatic rings. The third-order valence-corrected chi connectivity index (χ3v) is 2.85. The Kier molecular flexibility index (Phi) is 2.82. The minimum Gasteiger partial charge on any atom is -0.398 e. The van der Waals surface area contributed by atoms with Crippen LogP contribution >= 0.6 is 15.9 Å². The second-order valence-corrected chi connectivity index (χ2v) is 4.30. The first kappa shape index (κ1) is 10.9. The van der Waals surface area contributed by atoms with E-state index in [1.807, 2.05) is 29.8 Å². The van der Waals surface area contributed by atoms with Crippen LogP contribution in [0.25, 0.3) is 11.4 Å². The molecule has 6 heteroatoms. The summed E-state index contributed by atoms with van der Waals surface area (Å²) in [6.45, 7) is 0. The first-order valence-corrected chi connectivity index (χ1v) is 5.55. The summed E-state index contributed by atoms with van der Waals surface area (Å²) in [5, 5.41) is 11.1. The first-order chi connectivity index (χ1) is 7.63. The Morgan fingerprint density at radius 3 is 2.69 bits per heavy atom. The highest BCUT2D eigenvalue weighted by molar-refractivity contribution is 9.10. The molecule has 0 fully saturated rings. The molecule has 16 heavy (non-hydrogen) atoms. The Labute approximate surface area is 102 Å². The van der Waals surface area contributed by atoms with Crippen LogP contribution < -0.4 is 11.1 Å².